The van der Waals surface area contributed by atoms with Crippen molar-refractivity contribution in [1.82, 2.24) is 40.4 Å². The number of likely N-dealkylation sites (tertiary alicyclic amines) is 4. The number of carbonyl (C=O) groups excluding carboxylic acids is 6. The number of nitrogens with zero attached hydrogens (tertiary/aromatic N) is 5. The Bertz CT molecular complexity index is 3870. The number of benzene rings is 6. The van der Waals surface area contributed by atoms with E-state index >= 15 is 0 Å². The van der Waals surface area contributed by atoms with Crippen LogP contribution in [0.4, 0.5) is 60.5 Å². The number of nitrogens with one attached hydrogen (secondary N) is 5. The predicted octanol–water partition coefficient (Wildman–Crippen LogP) is 16.1. The summed E-state index contributed by atoms with van der Waals surface area (Å²) in [4.78, 5) is 82.8. The molecule has 4 fully saturated rings. The normalized spacial score (nSPS) is 15.7. The lowest BCUT2D eigenvalue weighted by molar-refractivity contribution is -0.144. The monoisotopic (exact) mass is 1520 g/mol. The molecule has 0 bridgehead atoms. The molecule has 0 radical (unpaired) electrons. The first-order chi connectivity index (χ1) is 49.9. The van der Waals surface area contributed by atoms with Crippen molar-refractivity contribution in [2.24, 2.45) is 0 Å². The molecule has 0 unspecified atom stereocenters. The number of hydrogen-bond acceptors (Lipinski definition) is 9. The number of anilines is 2. The number of alkyl halides is 7. The van der Waals surface area contributed by atoms with E-state index in [2.05, 4.69) is 53.8 Å². The third-order valence-electron chi connectivity index (χ3n) is 18.1. The Morgan fingerprint density at radius 1 is 0.566 bits per heavy atom. The van der Waals surface area contributed by atoms with E-state index in [0.717, 1.165) is 92.8 Å². The molecule has 0 saturated carbocycles. The van der Waals surface area contributed by atoms with E-state index in [1.54, 1.807) is 65.6 Å². The predicted molar refractivity (Wildman–Crippen MR) is 397 cm³/mol. The van der Waals surface area contributed by atoms with E-state index in [-0.39, 0.29) is 73.1 Å². The van der Waals surface area contributed by atoms with Gasteiger partial charge in [-0.05, 0) is 165 Å². The van der Waals surface area contributed by atoms with Crippen LogP contribution in [0.2, 0.25) is 10.0 Å². The number of halogens is 11. The molecule has 4 heterocycles. The Labute approximate surface area is 624 Å². The first-order valence-electron chi connectivity index (χ1n) is 34.7. The van der Waals surface area contributed by atoms with Crippen LogP contribution in [-0.2, 0) is 46.6 Å². The van der Waals surface area contributed by atoms with Crippen molar-refractivity contribution in [3.05, 3.63) is 213 Å². The van der Waals surface area contributed by atoms with Crippen LogP contribution < -0.4 is 26.6 Å². The van der Waals surface area contributed by atoms with Gasteiger partial charge < -0.3 is 41.3 Å². The van der Waals surface area contributed by atoms with Gasteiger partial charge in [-0.2, -0.15) is 30.7 Å². The van der Waals surface area contributed by atoms with Gasteiger partial charge in [-0.25, -0.2) is 18.4 Å². The third kappa shape index (κ3) is 29.1. The van der Waals surface area contributed by atoms with Crippen LogP contribution in [0, 0.1) is 24.0 Å². The summed E-state index contributed by atoms with van der Waals surface area (Å²) >= 11 is 12.2. The summed E-state index contributed by atoms with van der Waals surface area (Å²) in [5, 5.41) is 13.7. The van der Waals surface area contributed by atoms with E-state index in [4.69, 9.17) is 29.6 Å². The number of terminal acetylenes is 1. The van der Waals surface area contributed by atoms with Crippen molar-refractivity contribution in [2.45, 2.75) is 154 Å². The standard InChI is InChI=1S/C28H31Cl2N3O2.C20H20F3N3O2.2C15H19F3N2O.CH4/c1-3-5-8-15-32-16-13-24(14-17-32)33(28(35)31-23-11-12-26(29)27(30)19-23)20-22-10-7-6-9-21(22)18-25(34)4-2;21-20(22,23)15-7-4-8-17(13-15)25-19(28)24-16-9-11-26(12-10-16)18(27)14-5-2-1-3-6-14;1-15(17,18)14(21)19-13-6-8-20(9-7-13)10-11-2-4-12(16)5-3-11;1-15(17,18)14(21)19-13-5-7-20(8-6-13)10-11-3-2-4-12(16)9-11;/h1,4,6-7,9-12,19,24H,2,5,8,13-18,20H2,(H,31,35);1-8,13,16H,9-12H2,(H2,24,25,28);2-5,13H,6-10H2,1H3,(H,19,21);2-4,9,13H,5-8,10H2,1H3,(H,19,21);1H4. The molecule has 27 heteroatoms. The number of urea groups is 2. The zero-order chi connectivity index (χ0) is 76.3. The van der Waals surface area contributed by atoms with Crippen molar-refractivity contribution in [3.63, 3.8) is 0 Å². The highest BCUT2D eigenvalue weighted by molar-refractivity contribution is 6.42. The molecule has 0 atom stereocenters. The van der Waals surface area contributed by atoms with Gasteiger partial charge in [-0.15, -0.1) is 12.3 Å². The third-order valence-corrected chi connectivity index (χ3v) is 18.9. The molecule has 0 aliphatic carbocycles. The smallest absolute Gasteiger partial charge is 0.348 e. The van der Waals surface area contributed by atoms with Gasteiger partial charge in [0.2, 0.25) is 0 Å². The van der Waals surface area contributed by atoms with Crippen molar-refractivity contribution >= 4 is 70.1 Å². The SMILES string of the molecule is C.C#CCCCN1CCC(N(Cc2ccccc2CC(=O)C=C)C(=O)Nc2ccc(Cl)c(Cl)c2)CC1.CC(F)(F)C(=O)NC1CCN(Cc2ccc(F)cc2)CC1.CC(F)(F)C(=O)NC1CCN(Cc2cccc(F)c2)CC1.O=C(Nc1cccc(C(F)(F)F)c1)NC1CCN(C(=O)c2ccccc2)CC1. The quantitative estimate of drug-likeness (QED) is 0.0203. The van der Waals surface area contributed by atoms with Gasteiger partial charge in [0, 0.05) is 140 Å². The maximum absolute atomic E-state index is 13.5. The average molecular weight is 1520 g/mol. The van der Waals surface area contributed by atoms with E-state index < -0.39 is 41.4 Å². The molecule has 16 nitrogen and oxygen atoms in total. The van der Waals surface area contributed by atoms with Crippen LogP contribution in [0.1, 0.15) is 124 Å². The van der Waals surface area contributed by atoms with Gasteiger partial charge in [0.15, 0.2) is 5.78 Å². The van der Waals surface area contributed by atoms with E-state index in [1.165, 1.54) is 42.5 Å². The second kappa shape index (κ2) is 41.8. The fourth-order valence-corrected chi connectivity index (χ4v) is 12.6. The van der Waals surface area contributed by atoms with Gasteiger partial charge in [-0.1, -0.05) is 110 Å². The summed E-state index contributed by atoms with van der Waals surface area (Å²) in [5.41, 5.74) is 4.20. The summed E-state index contributed by atoms with van der Waals surface area (Å²) in [6.07, 6.45) is 9.67. The van der Waals surface area contributed by atoms with Gasteiger partial charge in [-0.3, -0.25) is 29.0 Å². The van der Waals surface area contributed by atoms with Crippen LogP contribution in [0.5, 0.6) is 0 Å². The van der Waals surface area contributed by atoms with Crippen molar-refractivity contribution in [3.8, 4) is 12.3 Å². The Morgan fingerprint density at radius 2 is 1.09 bits per heavy atom. The fourth-order valence-electron chi connectivity index (χ4n) is 12.3. The minimum Gasteiger partial charge on any atom is -0.348 e. The maximum Gasteiger partial charge on any atom is 0.416 e. The topological polar surface area (TPSA) is 179 Å². The first-order valence-corrected chi connectivity index (χ1v) is 35.5. The minimum absolute atomic E-state index is 0. The number of carbonyl (C=O) groups is 6. The molecule has 572 valence electrons. The molecule has 4 aliphatic rings. The van der Waals surface area contributed by atoms with Gasteiger partial charge in [0.25, 0.3) is 17.7 Å². The number of amides is 7. The molecule has 6 aromatic carbocycles. The molecule has 7 amide bonds. The Hall–Kier alpha value is -8.93. The van der Waals surface area contributed by atoms with Gasteiger partial charge in [0.1, 0.15) is 11.6 Å². The molecule has 5 N–H and O–H groups in total. The van der Waals surface area contributed by atoms with Crippen molar-refractivity contribution < 1.29 is 68.3 Å². The fraction of sp³-hybridized carbons (Fsp3) is 0.418. The van der Waals surface area contributed by atoms with Crippen molar-refractivity contribution in [2.75, 3.05) is 69.5 Å². The molecular weight excluding hydrogens is 1430 g/mol. The highest BCUT2D eigenvalue weighted by atomic mass is 35.5. The summed E-state index contributed by atoms with van der Waals surface area (Å²) in [6, 6.07) is 37.7. The zero-order valence-corrected chi connectivity index (χ0v) is 60.1. The number of unbranched alkanes of at least 4 members (excludes halogenated alkanes) is 1. The second-order valence-corrected chi connectivity index (χ2v) is 27.2. The van der Waals surface area contributed by atoms with Crippen LogP contribution in [0.25, 0.3) is 0 Å². The summed E-state index contributed by atoms with van der Waals surface area (Å²) in [5.74, 6) is -7.02. The zero-order valence-electron chi connectivity index (χ0n) is 58.6. The van der Waals surface area contributed by atoms with Crippen molar-refractivity contribution in [1.29, 1.82) is 0 Å². The Morgan fingerprint density at radius 3 is 1.64 bits per heavy atom. The van der Waals surface area contributed by atoms with E-state index in [0.29, 0.717) is 119 Å². The summed E-state index contributed by atoms with van der Waals surface area (Å²) < 4.78 is 115. The molecule has 106 heavy (non-hydrogen) atoms. The minimum atomic E-state index is -4.47. The number of rotatable bonds is 21. The molecule has 6 aromatic rings. The maximum atomic E-state index is 13.5. The number of hydrogen-bond donors (Lipinski definition) is 5. The van der Waals surface area contributed by atoms with Crippen LogP contribution in [-0.4, -0.2) is 155 Å². The Kier molecular flexibility index (Phi) is 33.9. The van der Waals surface area contributed by atoms with Crippen LogP contribution in [0.15, 0.2) is 158 Å². The first kappa shape index (κ1) is 86.0. The van der Waals surface area contributed by atoms with E-state index in [9.17, 15) is 68.3 Å². The molecule has 4 saturated heterocycles. The molecule has 0 aromatic heterocycles. The van der Waals surface area contributed by atoms with Crippen LogP contribution >= 0.6 is 23.2 Å². The Balaban J connectivity index is 0.000000226. The van der Waals surface area contributed by atoms with Gasteiger partial charge in [0.05, 0.1) is 15.6 Å². The summed E-state index contributed by atoms with van der Waals surface area (Å²) in [7, 11) is 0. The molecule has 0 spiro atoms. The lowest BCUT2D eigenvalue weighted by atomic mass is 9.99. The lowest BCUT2D eigenvalue weighted by Crippen LogP contribution is -2.48. The molecule has 10 rings (SSSR count). The molecule has 4 aliphatic heterocycles. The lowest BCUT2D eigenvalue weighted by Gasteiger charge is -2.39. The number of piperidine rings is 4. The van der Waals surface area contributed by atoms with Crippen LogP contribution in [0.3, 0.4) is 0 Å². The highest BCUT2D eigenvalue weighted by Gasteiger charge is 2.37. The van der Waals surface area contributed by atoms with Gasteiger partial charge >= 0.3 is 30.1 Å². The average Bonchev–Trinajstić information content (AvgIpc) is 0.819. The summed E-state index contributed by atoms with van der Waals surface area (Å²) in [6.45, 7) is 13.1. The van der Waals surface area contributed by atoms with E-state index in [1.807, 2.05) is 41.3 Å². The number of allylic oxidation sites excluding steroid dienone is 1. The molecular formula is C79H93Cl2F9N10O6. The number of ketones is 1. The largest absolute Gasteiger partial charge is 0.416 e. The highest BCUT2D eigenvalue weighted by Crippen LogP contribution is 2.32. The second-order valence-electron chi connectivity index (χ2n) is 26.4.